The van der Waals surface area contributed by atoms with Gasteiger partial charge < -0.3 is 4.74 Å². The molecule has 1 saturated heterocycles. The molecular weight excluding hydrogens is 242 g/mol. The van der Waals surface area contributed by atoms with Gasteiger partial charge in [0.25, 0.3) is 0 Å². The molecule has 2 atom stereocenters. The van der Waals surface area contributed by atoms with Crippen molar-refractivity contribution in [1.82, 2.24) is 9.97 Å². The van der Waals surface area contributed by atoms with Crippen LogP contribution in [-0.2, 0) is 14.8 Å². The molecule has 6 nitrogen and oxygen atoms in total. The van der Waals surface area contributed by atoms with E-state index in [1.54, 1.807) is 12.4 Å². The van der Waals surface area contributed by atoms with Crippen LogP contribution in [0.4, 0.5) is 0 Å². The van der Waals surface area contributed by atoms with Gasteiger partial charge in [-0.05, 0) is 25.3 Å². The van der Waals surface area contributed by atoms with Crippen LogP contribution in [0.2, 0.25) is 0 Å². The van der Waals surface area contributed by atoms with Gasteiger partial charge >= 0.3 is 0 Å². The lowest BCUT2D eigenvalue weighted by Crippen LogP contribution is -2.39. The second-order valence-corrected chi connectivity index (χ2v) is 5.96. The molecule has 2 N–H and O–H groups in total. The van der Waals surface area contributed by atoms with Crippen molar-refractivity contribution in [3.8, 4) is 0 Å². The summed E-state index contributed by atoms with van der Waals surface area (Å²) in [6, 6.07) is 0. The number of nitrogens with zero attached hydrogens (tertiary/aromatic N) is 2. The molecule has 0 radical (unpaired) electrons. The van der Waals surface area contributed by atoms with Crippen LogP contribution in [-0.4, -0.2) is 30.2 Å². The van der Waals surface area contributed by atoms with Gasteiger partial charge in [0.05, 0.1) is 0 Å². The Morgan fingerprint density at radius 3 is 2.65 bits per heavy atom. The van der Waals surface area contributed by atoms with E-state index in [1.807, 2.05) is 6.92 Å². The van der Waals surface area contributed by atoms with E-state index in [1.165, 1.54) is 0 Å². The van der Waals surface area contributed by atoms with E-state index >= 15 is 0 Å². The molecular formula is C10H15N3O3S. The van der Waals surface area contributed by atoms with Gasteiger partial charge in [-0.25, -0.2) is 23.5 Å². The van der Waals surface area contributed by atoms with Gasteiger partial charge in [0.2, 0.25) is 10.0 Å². The van der Waals surface area contributed by atoms with E-state index in [4.69, 9.17) is 9.88 Å². The maximum Gasteiger partial charge on any atom is 0.215 e. The van der Waals surface area contributed by atoms with Gasteiger partial charge in [0.1, 0.15) is 11.4 Å². The molecule has 1 fully saturated rings. The Morgan fingerprint density at radius 1 is 1.41 bits per heavy atom. The molecule has 17 heavy (non-hydrogen) atoms. The zero-order valence-corrected chi connectivity index (χ0v) is 10.4. The van der Waals surface area contributed by atoms with Crippen LogP contribution in [0.15, 0.2) is 12.4 Å². The minimum atomic E-state index is -3.64. The van der Waals surface area contributed by atoms with Crippen LogP contribution >= 0.6 is 0 Å². The highest BCUT2D eigenvalue weighted by molar-refractivity contribution is 7.89. The maximum absolute atomic E-state index is 11.5. The standard InChI is InChI=1S/C10H15N3O3S/c1-7-5-12-10(13-6-7)9-8(17(11,14)15)3-2-4-16-9/h5-6,8-9H,2-4H2,1H3,(H2,11,14,15)/t8-,9-/m1/s1. The first kappa shape index (κ1) is 12.4. The fourth-order valence-corrected chi connectivity index (χ4v) is 2.92. The van der Waals surface area contributed by atoms with Crippen molar-refractivity contribution in [3.63, 3.8) is 0 Å². The molecule has 2 heterocycles. The van der Waals surface area contributed by atoms with Gasteiger partial charge in [0, 0.05) is 19.0 Å². The minimum Gasteiger partial charge on any atom is -0.369 e. The third kappa shape index (κ3) is 2.80. The lowest BCUT2D eigenvalue weighted by molar-refractivity contribution is 0.0125. The number of primary sulfonamides is 1. The van der Waals surface area contributed by atoms with E-state index in [0.29, 0.717) is 25.3 Å². The number of ether oxygens (including phenoxy) is 1. The van der Waals surface area contributed by atoms with Crippen LogP contribution in [0.25, 0.3) is 0 Å². The lowest BCUT2D eigenvalue weighted by Gasteiger charge is -2.28. The first-order valence-electron chi connectivity index (χ1n) is 5.40. The van der Waals surface area contributed by atoms with Gasteiger partial charge in [-0.3, -0.25) is 0 Å². The summed E-state index contributed by atoms with van der Waals surface area (Å²) in [5.41, 5.74) is 0.914. The fourth-order valence-electron chi connectivity index (χ4n) is 1.88. The Morgan fingerprint density at radius 2 is 2.06 bits per heavy atom. The first-order chi connectivity index (χ1) is 7.98. The Hall–Kier alpha value is -1.05. The molecule has 0 aromatic carbocycles. The number of aromatic nitrogens is 2. The molecule has 0 unspecified atom stereocenters. The van der Waals surface area contributed by atoms with E-state index < -0.39 is 21.4 Å². The van der Waals surface area contributed by atoms with Crippen molar-refractivity contribution in [2.24, 2.45) is 5.14 Å². The second kappa shape index (κ2) is 4.67. The largest absolute Gasteiger partial charge is 0.369 e. The second-order valence-electron chi connectivity index (χ2n) is 4.18. The Kier molecular flexibility index (Phi) is 3.41. The fraction of sp³-hybridized carbons (Fsp3) is 0.600. The molecule has 94 valence electrons. The molecule has 0 bridgehead atoms. The quantitative estimate of drug-likeness (QED) is 0.821. The highest BCUT2D eigenvalue weighted by Crippen LogP contribution is 2.29. The van der Waals surface area contributed by atoms with Crippen molar-refractivity contribution in [3.05, 3.63) is 23.8 Å². The highest BCUT2D eigenvalue weighted by atomic mass is 32.2. The molecule has 0 amide bonds. The Balaban J connectivity index is 2.31. The van der Waals surface area contributed by atoms with Crippen molar-refractivity contribution < 1.29 is 13.2 Å². The molecule has 7 heteroatoms. The predicted molar refractivity (Wildman–Crippen MR) is 61.6 cm³/mol. The molecule has 1 aromatic heterocycles. The minimum absolute atomic E-state index is 0.384. The van der Waals surface area contributed by atoms with Crippen LogP contribution in [0.5, 0.6) is 0 Å². The average molecular weight is 257 g/mol. The van der Waals surface area contributed by atoms with Crippen LogP contribution in [0.3, 0.4) is 0 Å². The number of rotatable bonds is 2. The normalized spacial score (nSPS) is 25.8. The van der Waals surface area contributed by atoms with Crippen molar-refractivity contribution in [2.75, 3.05) is 6.61 Å². The van der Waals surface area contributed by atoms with Crippen LogP contribution < -0.4 is 5.14 Å². The third-order valence-electron chi connectivity index (χ3n) is 2.75. The number of aryl methyl sites for hydroxylation is 1. The summed E-state index contributed by atoms with van der Waals surface area (Å²) in [5, 5.41) is 4.45. The van der Waals surface area contributed by atoms with Gasteiger partial charge in [0.15, 0.2) is 5.82 Å². The van der Waals surface area contributed by atoms with Crippen molar-refractivity contribution in [1.29, 1.82) is 0 Å². The number of nitrogens with two attached hydrogens (primary N) is 1. The molecule has 1 aromatic rings. The molecule has 0 saturated carbocycles. The van der Waals surface area contributed by atoms with Crippen molar-refractivity contribution in [2.45, 2.75) is 31.1 Å². The molecule has 2 rings (SSSR count). The van der Waals surface area contributed by atoms with Gasteiger partial charge in [-0.1, -0.05) is 0 Å². The Bertz CT molecular complexity index is 486. The zero-order valence-electron chi connectivity index (χ0n) is 9.54. The zero-order chi connectivity index (χ0) is 12.5. The van der Waals surface area contributed by atoms with Gasteiger partial charge in [-0.2, -0.15) is 0 Å². The monoisotopic (exact) mass is 257 g/mol. The van der Waals surface area contributed by atoms with Crippen LogP contribution in [0, 0.1) is 6.92 Å². The highest BCUT2D eigenvalue weighted by Gasteiger charge is 2.37. The van der Waals surface area contributed by atoms with Crippen LogP contribution in [0.1, 0.15) is 30.3 Å². The smallest absolute Gasteiger partial charge is 0.215 e. The van der Waals surface area contributed by atoms with E-state index in [9.17, 15) is 8.42 Å². The maximum atomic E-state index is 11.5. The van der Waals surface area contributed by atoms with E-state index in [0.717, 1.165) is 5.56 Å². The molecule has 0 aliphatic carbocycles. The predicted octanol–water partition coefficient (Wildman–Crippen LogP) is 0.294. The summed E-state index contributed by atoms with van der Waals surface area (Å²) in [4.78, 5) is 8.22. The van der Waals surface area contributed by atoms with E-state index in [-0.39, 0.29) is 0 Å². The average Bonchev–Trinajstić information content (AvgIpc) is 2.29. The summed E-state index contributed by atoms with van der Waals surface area (Å²) in [7, 11) is -3.64. The summed E-state index contributed by atoms with van der Waals surface area (Å²) in [5.74, 6) is 0.384. The summed E-state index contributed by atoms with van der Waals surface area (Å²) >= 11 is 0. The first-order valence-corrected chi connectivity index (χ1v) is 7.01. The number of hydrogen-bond donors (Lipinski definition) is 1. The number of hydrogen-bond acceptors (Lipinski definition) is 5. The summed E-state index contributed by atoms with van der Waals surface area (Å²) in [6.07, 6.45) is 3.80. The molecule has 0 spiro atoms. The molecule has 1 aliphatic heterocycles. The number of sulfonamides is 1. The lowest BCUT2D eigenvalue weighted by atomic mass is 10.1. The third-order valence-corrected chi connectivity index (χ3v) is 4.07. The SMILES string of the molecule is Cc1cnc([C@@H]2OCCC[C@H]2S(N)(=O)=O)nc1. The summed E-state index contributed by atoms with van der Waals surface area (Å²) < 4.78 is 28.4. The topological polar surface area (TPSA) is 95.2 Å². The van der Waals surface area contributed by atoms with Crippen molar-refractivity contribution >= 4 is 10.0 Å². The summed E-state index contributed by atoms with van der Waals surface area (Å²) in [6.45, 7) is 2.37. The van der Waals surface area contributed by atoms with Gasteiger partial charge in [-0.15, -0.1) is 0 Å². The molecule has 1 aliphatic rings. The Labute approximate surface area is 100 Å². The van der Waals surface area contributed by atoms with E-state index in [2.05, 4.69) is 9.97 Å².